The van der Waals surface area contributed by atoms with Gasteiger partial charge in [0.1, 0.15) is 12.1 Å². The average molecular weight is 520 g/mol. The van der Waals surface area contributed by atoms with E-state index in [0.717, 1.165) is 47.3 Å². The highest BCUT2D eigenvalue weighted by Gasteiger charge is 2.30. The fourth-order valence-corrected chi connectivity index (χ4v) is 3.80. The van der Waals surface area contributed by atoms with Crippen LogP contribution in [0.2, 0.25) is 0 Å². The minimum absolute atomic E-state index is 0.372. The van der Waals surface area contributed by atoms with Gasteiger partial charge in [-0.05, 0) is 56.1 Å². The number of alkyl halides is 3. The monoisotopic (exact) mass is 519 g/mol. The molecule has 38 heavy (non-hydrogen) atoms. The molecule has 2 heterocycles. The molecule has 0 saturated heterocycles. The number of pyridine rings is 1. The number of nitrogens with zero attached hydrogens (tertiary/aromatic N) is 5. The Bertz CT molecular complexity index is 1460. The van der Waals surface area contributed by atoms with Crippen LogP contribution in [0, 0.1) is 0 Å². The summed E-state index contributed by atoms with van der Waals surface area (Å²) in [7, 11) is 5.76. The number of benzene rings is 2. The minimum atomic E-state index is -4.43. The SMILES string of the molecule is CN=C/C(=C\NCCN(C)C)c1ccc2c(Nc3ccnc(-c4cccc(C(F)(F)F)c4)c3)ncnc2c1. The predicted molar refractivity (Wildman–Crippen MR) is 146 cm³/mol. The molecule has 0 bridgehead atoms. The van der Waals surface area contributed by atoms with Gasteiger partial charge in [0.2, 0.25) is 0 Å². The molecule has 196 valence electrons. The summed E-state index contributed by atoms with van der Waals surface area (Å²) in [6.45, 7) is 1.70. The van der Waals surface area contributed by atoms with Gasteiger partial charge in [0.05, 0.1) is 16.8 Å². The number of rotatable bonds is 9. The fraction of sp³-hybridized carbons (Fsp3) is 0.214. The van der Waals surface area contributed by atoms with Crippen LogP contribution in [0.3, 0.4) is 0 Å². The third-order valence-corrected chi connectivity index (χ3v) is 5.71. The van der Waals surface area contributed by atoms with E-state index in [1.807, 2.05) is 38.5 Å². The standard InChI is InChI=1S/C28H28F3N7/c1-32-16-21(17-33-11-12-38(2)3)19-7-8-24-26(14-19)35-18-36-27(24)37-23-9-10-34-25(15-23)20-5-4-6-22(13-20)28(29,30)31/h4-10,13-18,33H,11-12H2,1-3H3,(H,34,35,36,37)/b21-17+,32-16?. The summed E-state index contributed by atoms with van der Waals surface area (Å²) in [4.78, 5) is 19.4. The Labute approximate surface area is 219 Å². The molecule has 2 aromatic carbocycles. The largest absolute Gasteiger partial charge is 0.416 e. The van der Waals surface area contributed by atoms with Crippen LogP contribution in [-0.4, -0.2) is 60.3 Å². The number of hydrogen-bond donors (Lipinski definition) is 2. The number of nitrogens with one attached hydrogen (secondary N) is 2. The van der Waals surface area contributed by atoms with Crippen LogP contribution in [-0.2, 0) is 6.18 Å². The first-order valence-electron chi connectivity index (χ1n) is 11.9. The highest BCUT2D eigenvalue weighted by Crippen LogP contribution is 2.32. The summed E-state index contributed by atoms with van der Waals surface area (Å²) >= 11 is 0. The van der Waals surface area contributed by atoms with E-state index in [1.165, 1.54) is 12.4 Å². The smallest absolute Gasteiger partial charge is 0.389 e. The Balaban J connectivity index is 1.60. The van der Waals surface area contributed by atoms with Gasteiger partial charge in [-0.3, -0.25) is 9.98 Å². The molecule has 0 aliphatic rings. The maximum atomic E-state index is 13.2. The summed E-state index contributed by atoms with van der Waals surface area (Å²) in [5, 5.41) is 7.36. The molecular formula is C28H28F3N7. The molecule has 4 aromatic rings. The van der Waals surface area contributed by atoms with Crippen molar-refractivity contribution in [3.63, 3.8) is 0 Å². The Kier molecular flexibility index (Phi) is 8.32. The van der Waals surface area contributed by atoms with E-state index >= 15 is 0 Å². The zero-order valence-electron chi connectivity index (χ0n) is 21.3. The normalized spacial score (nSPS) is 12.4. The van der Waals surface area contributed by atoms with Crippen molar-refractivity contribution in [2.24, 2.45) is 4.99 Å². The molecule has 4 rings (SSSR count). The molecule has 0 aliphatic heterocycles. The van der Waals surface area contributed by atoms with E-state index in [1.54, 1.807) is 37.7 Å². The van der Waals surface area contributed by atoms with Crippen molar-refractivity contribution >= 4 is 34.2 Å². The fourth-order valence-electron chi connectivity index (χ4n) is 3.80. The highest BCUT2D eigenvalue weighted by atomic mass is 19.4. The lowest BCUT2D eigenvalue weighted by Crippen LogP contribution is -2.23. The van der Waals surface area contributed by atoms with E-state index in [9.17, 15) is 13.2 Å². The first-order valence-corrected chi connectivity index (χ1v) is 11.9. The second kappa shape index (κ2) is 11.8. The van der Waals surface area contributed by atoms with Crippen molar-refractivity contribution in [1.29, 1.82) is 0 Å². The number of aromatic nitrogens is 3. The maximum absolute atomic E-state index is 13.2. The van der Waals surface area contributed by atoms with Crippen LogP contribution in [0.15, 0.2) is 78.3 Å². The van der Waals surface area contributed by atoms with Crippen molar-refractivity contribution < 1.29 is 13.2 Å². The van der Waals surface area contributed by atoms with Gasteiger partial charge >= 0.3 is 6.18 Å². The highest BCUT2D eigenvalue weighted by molar-refractivity contribution is 6.10. The second-order valence-electron chi connectivity index (χ2n) is 8.83. The lowest BCUT2D eigenvalue weighted by Gasteiger charge is -2.12. The van der Waals surface area contributed by atoms with Gasteiger partial charge in [-0.25, -0.2) is 9.97 Å². The number of hydrogen-bond acceptors (Lipinski definition) is 7. The topological polar surface area (TPSA) is 78.3 Å². The van der Waals surface area contributed by atoms with Crippen molar-refractivity contribution in [2.45, 2.75) is 6.18 Å². The van der Waals surface area contributed by atoms with E-state index in [4.69, 9.17) is 0 Å². The van der Waals surface area contributed by atoms with Gasteiger partial charge < -0.3 is 15.5 Å². The number of halogens is 3. The van der Waals surface area contributed by atoms with E-state index < -0.39 is 11.7 Å². The number of likely N-dealkylation sites (N-methyl/N-ethyl adjacent to an activating group) is 1. The third kappa shape index (κ3) is 6.71. The van der Waals surface area contributed by atoms with Crippen molar-refractivity contribution in [2.75, 3.05) is 39.5 Å². The van der Waals surface area contributed by atoms with Gasteiger partial charge in [0, 0.05) is 61.0 Å². The second-order valence-corrected chi connectivity index (χ2v) is 8.83. The Morgan fingerprint density at radius 2 is 1.87 bits per heavy atom. The summed E-state index contributed by atoms with van der Waals surface area (Å²) < 4.78 is 39.5. The average Bonchev–Trinajstić information content (AvgIpc) is 2.90. The minimum Gasteiger partial charge on any atom is -0.389 e. The summed E-state index contributed by atoms with van der Waals surface area (Å²) in [6, 6.07) is 14.4. The van der Waals surface area contributed by atoms with E-state index in [0.29, 0.717) is 22.8 Å². The number of allylic oxidation sites excluding steroid dienone is 1. The van der Waals surface area contributed by atoms with Crippen molar-refractivity contribution in [3.8, 4) is 11.3 Å². The van der Waals surface area contributed by atoms with Crippen LogP contribution in [0.4, 0.5) is 24.7 Å². The molecule has 7 nitrogen and oxygen atoms in total. The maximum Gasteiger partial charge on any atom is 0.416 e. The molecule has 2 N–H and O–H groups in total. The zero-order chi connectivity index (χ0) is 27.1. The van der Waals surface area contributed by atoms with Crippen LogP contribution >= 0.6 is 0 Å². The van der Waals surface area contributed by atoms with Crippen molar-refractivity contribution in [1.82, 2.24) is 25.2 Å². The number of aliphatic imine (C=N–C) groups is 1. The molecular weight excluding hydrogens is 491 g/mol. The van der Waals surface area contributed by atoms with Crippen LogP contribution < -0.4 is 10.6 Å². The first-order chi connectivity index (χ1) is 18.2. The Hall–Kier alpha value is -4.31. The van der Waals surface area contributed by atoms with Gasteiger partial charge in [0.25, 0.3) is 0 Å². The molecule has 0 aliphatic carbocycles. The quantitative estimate of drug-likeness (QED) is 0.220. The third-order valence-electron chi connectivity index (χ3n) is 5.71. The number of fused-ring (bicyclic) bond motifs is 1. The first kappa shape index (κ1) is 26.7. The molecule has 0 saturated carbocycles. The Morgan fingerprint density at radius 1 is 1.03 bits per heavy atom. The molecule has 0 atom stereocenters. The lowest BCUT2D eigenvalue weighted by molar-refractivity contribution is -0.137. The molecule has 0 unspecified atom stereocenters. The molecule has 0 fully saturated rings. The zero-order valence-corrected chi connectivity index (χ0v) is 21.3. The van der Waals surface area contributed by atoms with Gasteiger partial charge in [-0.15, -0.1) is 0 Å². The van der Waals surface area contributed by atoms with Gasteiger partial charge in [-0.1, -0.05) is 18.2 Å². The molecule has 0 spiro atoms. The summed E-state index contributed by atoms with van der Waals surface area (Å²) in [5.74, 6) is 0.571. The molecule has 2 aromatic heterocycles. The van der Waals surface area contributed by atoms with Gasteiger partial charge in [-0.2, -0.15) is 13.2 Å². The van der Waals surface area contributed by atoms with Crippen molar-refractivity contribution in [3.05, 3.63) is 84.4 Å². The lowest BCUT2D eigenvalue weighted by atomic mass is 10.1. The molecule has 0 radical (unpaired) electrons. The summed E-state index contributed by atoms with van der Waals surface area (Å²) in [6.07, 6.45) is 2.31. The van der Waals surface area contributed by atoms with E-state index in [2.05, 4.69) is 35.5 Å². The Morgan fingerprint density at radius 3 is 2.63 bits per heavy atom. The summed E-state index contributed by atoms with van der Waals surface area (Å²) in [5.41, 5.74) is 3.30. The van der Waals surface area contributed by atoms with Gasteiger partial charge in [0.15, 0.2) is 0 Å². The molecule has 10 heteroatoms. The molecule has 0 amide bonds. The van der Waals surface area contributed by atoms with E-state index in [-0.39, 0.29) is 0 Å². The van der Waals surface area contributed by atoms with Crippen LogP contribution in [0.25, 0.3) is 27.7 Å². The predicted octanol–water partition coefficient (Wildman–Crippen LogP) is 5.65. The van der Waals surface area contributed by atoms with Crippen LogP contribution in [0.5, 0.6) is 0 Å². The van der Waals surface area contributed by atoms with Crippen LogP contribution in [0.1, 0.15) is 11.1 Å². The number of anilines is 2.